The molecule has 2 fully saturated rings. The molecule has 0 radical (unpaired) electrons. The molecule has 4 amide bonds. The number of hydrogen-bond acceptors (Lipinski definition) is 4. The lowest BCUT2D eigenvalue weighted by Crippen LogP contribution is -2.40. The molecule has 24 heavy (non-hydrogen) atoms. The topological polar surface area (TPSA) is 107 Å². The first-order valence-corrected chi connectivity index (χ1v) is 7.68. The predicted octanol–water partition coefficient (Wildman–Crippen LogP) is 0.428. The first kappa shape index (κ1) is 16.0. The third-order valence-corrected chi connectivity index (χ3v) is 4.28. The number of aliphatic carboxylic acids is 1. The molecular formula is C16H17N3O5. The number of imide groups is 1. The number of hydrogen-bond donors (Lipinski definition) is 2. The van der Waals surface area contributed by atoms with Crippen LogP contribution in [0.15, 0.2) is 24.3 Å². The number of nitrogens with zero attached hydrogens (tertiary/aromatic N) is 2. The summed E-state index contributed by atoms with van der Waals surface area (Å²) in [5, 5.41) is 11.6. The van der Waals surface area contributed by atoms with Crippen molar-refractivity contribution in [2.24, 2.45) is 0 Å². The van der Waals surface area contributed by atoms with Crippen molar-refractivity contribution in [1.29, 1.82) is 0 Å². The van der Waals surface area contributed by atoms with Crippen molar-refractivity contribution >= 4 is 23.8 Å². The van der Waals surface area contributed by atoms with Gasteiger partial charge in [0.15, 0.2) is 0 Å². The van der Waals surface area contributed by atoms with E-state index in [4.69, 9.17) is 5.11 Å². The van der Waals surface area contributed by atoms with Gasteiger partial charge in [-0.2, -0.15) is 0 Å². The smallest absolute Gasteiger partial charge is 0.326 e. The summed E-state index contributed by atoms with van der Waals surface area (Å²) in [6.07, 6.45) is 1.14. The van der Waals surface area contributed by atoms with E-state index in [1.807, 2.05) is 0 Å². The molecule has 1 aromatic carbocycles. The summed E-state index contributed by atoms with van der Waals surface area (Å²) < 4.78 is 0. The second-order valence-corrected chi connectivity index (χ2v) is 5.83. The number of rotatable bonds is 4. The molecule has 126 valence electrons. The van der Waals surface area contributed by atoms with Crippen LogP contribution in [0.25, 0.3) is 0 Å². The summed E-state index contributed by atoms with van der Waals surface area (Å²) in [5.41, 5.74) is 1.11. The Balaban J connectivity index is 1.70. The van der Waals surface area contributed by atoms with Crippen molar-refractivity contribution < 1.29 is 24.3 Å². The molecule has 0 spiro atoms. The number of carbonyl (C=O) groups excluding carboxylic acids is 3. The third-order valence-electron chi connectivity index (χ3n) is 4.28. The van der Waals surface area contributed by atoms with Crippen LogP contribution in [0.4, 0.5) is 4.79 Å². The fourth-order valence-corrected chi connectivity index (χ4v) is 2.98. The Bertz CT molecular complexity index is 684. The normalized spacial score (nSPS) is 20.4. The van der Waals surface area contributed by atoms with Crippen molar-refractivity contribution in [1.82, 2.24) is 15.1 Å². The van der Waals surface area contributed by atoms with Gasteiger partial charge < -0.3 is 15.3 Å². The Morgan fingerprint density at radius 2 is 1.92 bits per heavy atom. The van der Waals surface area contributed by atoms with Crippen LogP contribution < -0.4 is 5.32 Å². The van der Waals surface area contributed by atoms with Crippen LogP contribution in [0.3, 0.4) is 0 Å². The van der Waals surface area contributed by atoms with E-state index in [2.05, 4.69) is 5.32 Å². The maximum Gasteiger partial charge on any atom is 0.326 e. The van der Waals surface area contributed by atoms with Crippen LogP contribution in [0, 0.1) is 0 Å². The van der Waals surface area contributed by atoms with Gasteiger partial charge in [0.25, 0.3) is 5.91 Å². The lowest BCUT2D eigenvalue weighted by molar-refractivity contribution is -0.141. The largest absolute Gasteiger partial charge is 0.480 e. The highest BCUT2D eigenvalue weighted by atomic mass is 16.4. The Hall–Kier alpha value is -2.90. The summed E-state index contributed by atoms with van der Waals surface area (Å²) in [7, 11) is 0. The van der Waals surface area contributed by atoms with Gasteiger partial charge >= 0.3 is 12.0 Å². The standard InChI is InChI=1S/C16H17N3O5/c20-13-8-17-16(24)19(13)9-10-3-5-11(6-4-10)14(21)18-7-1-2-12(18)15(22)23/h3-6,12H,1-2,7-9H2,(H,17,24)(H,22,23)/t12-/m1/s1. The minimum absolute atomic E-state index is 0.000932. The highest BCUT2D eigenvalue weighted by Gasteiger charge is 2.34. The summed E-state index contributed by atoms with van der Waals surface area (Å²) in [6.45, 7) is 0.571. The summed E-state index contributed by atoms with van der Waals surface area (Å²) in [6, 6.07) is 5.31. The number of carboxylic acid groups (broad SMARTS) is 1. The van der Waals surface area contributed by atoms with Gasteiger partial charge in [-0.1, -0.05) is 12.1 Å². The van der Waals surface area contributed by atoms with Crippen molar-refractivity contribution in [3.63, 3.8) is 0 Å². The van der Waals surface area contributed by atoms with Crippen molar-refractivity contribution in [3.8, 4) is 0 Å². The molecule has 0 aliphatic carbocycles. The highest BCUT2D eigenvalue weighted by molar-refractivity contribution is 6.02. The zero-order valence-electron chi connectivity index (χ0n) is 12.9. The zero-order valence-corrected chi connectivity index (χ0v) is 12.9. The van der Waals surface area contributed by atoms with E-state index in [0.29, 0.717) is 30.5 Å². The predicted molar refractivity (Wildman–Crippen MR) is 82.1 cm³/mol. The molecule has 2 aliphatic rings. The monoisotopic (exact) mass is 331 g/mol. The van der Waals surface area contributed by atoms with E-state index in [0.717, 1.165) is 4.90 Å². The van der Waals surface area contributed by atoms with Crippen molar-refractivity contribution in [2.75, 3.05) is 13.1 Å². The molecule has 8 heteroatoms. The van der Waals surface area contributed by atoms with Crippen molar-refractivity contribution in [2.45, 2.75) is 25.4 Å². The number of carboxylic acids is 1. The summed E-state index contributed by atoms with van der Waals surface area (Å²) >= 11 is 0. The first-order valence-electron chi connectivity index (χ1n) is 7.68. The van der Waals surface area contributed by atoms with Crippen LogP contribution in [0.2, 0.25) is 0 Å². The molecule has 0 unspecified atom stereocenters. The Labute approximate surface area is 138 Å². The summed E-state index contributed by atoms with van der Waals surface area (Å²) in [4.78, 5) is 49.2. The zero-order chi connectivity index (χ0) is 17.3. The number of likely N-dealkylation sites (tertiary alicyclic amines) is 1. The van der Waals surface area contributed by atoms with E-state index in [1.165, 1.54) is 4.90 Å². The van der Waals surface area contributed by atoms with Gasteiger partial charge in [0.1, 0.15) is 6.04 Å². The van der Waals surface area contributed by atoms with Gasteiger partial charge in [-0.05, 0) is 30.5 Å². The molecule has 1 aromatic rings. The lowest BCUT2D eigenvalue weighted by Gasteiger charge is -2.21. The third kappa shape index (κ3) is 2.94. The molecule has 2 heterocycles. The number of carbonyl (C=O) groups is 4. The molecule has 1 atom stereocenters. The van der Waals surface area contributed by atoms with E-state index in [1.54, 1.807) is 24.3 Å². The average molecular weight is 331 g/mol. The number of nitrogens with one attached hydrogen (secondary N) is 1. The number of benzene rings is 1. The Morgan fingerprint density at radius 1 is 1.21 bits per heavy atom. The number of amides is 4. The fourth-order valence-electron chi connectivity index (χ4n) is 2.98. The van der Waals surface area contributed by atoms with Gasteiger partial charge in [0.05, 0.1) is 13.1 Å². The minimum Gasteiger partial charge on any atom is -0.480 e. The maximum atomic E-state index is 12.5. The van der Waals surface area contributed by atoms with Crippen LogP contribution in [0.5, 0.6) is 0 Å². The van der Waals surface area contributed by atoms with Gasteiger partial charge in [-0.25, -0.2) is 9.59 Å². The average Bonchev–Trinajstić information content (AvgIpc) is 3.17. The highest BCUT2D eigenvalue weighted by Crippen LogP contribution is 2.21. The quantitative estimate of drug-likeness (QED) is 0.778. The molecule has 2 saturated heterocycles. The van der Waals surface area contributed by atoms with E-state index in [9.17, 15) is 19.2 Å². The van der Waals surface area contributed by atoms with Crippen LogP contribution in [-0.2, 0) is 16.1 Å². The SMILES string of the molecule is O=C(O)[C@H]1CCCN1C(=O)c1ccc(CN2C(=O)CNC2=O)cc1. The first-order chi connectivity index (χ1) is 11.5. The van der Waals surface area contributed by atoms with E-state index >= 15 is 0 Å². The van der Waals surface area contributed by atoms with Gasteiger partial charge in [-0.15, -0.1) is 0 Å². The van der Waals surface area contributed by atoms with E-state index in [-0.39, 0.29) is 24.9 Å². The molecule has 0 bridgehead atoms. The van der Waals surface area contributed by atoms with Gasteiger partial charge in [0.2, 0.25) is 5.91 Å². The van der Waals surface area contributed by atoms with Crippen LogP contribution in [-0.4, -0.2) is 57.9 Å². The molecule has 0 aromatic heterocycles. The molecule has 8 nitrogen and oxygen atoms in total. The molecule has 2 N–H and O–H groups in total. The summed E-state index contributed by atoms with van der Waals surface area (Å²) in [5.74, 6) is -1.60. The Morgan fingerprint density at radius 3 is 2.50 bits per heavy atom. The lowest BCUT2D eigenvalue weighted by atomic mass is 10.1. The maximum absolute atomic E-state index is 12.5. The second-order valence-electron chi connectivity index (χ2n) is 5.83. The second kappa shape index (κ2) is 6.31. The molecule has 0 saturated carbocycles. The van der Waals surface area contributed by atoms with E-state index < -0.39 is 18.0 Å². The fraction of sp³-hybridized carbons (Fsp3) is 0.375. The molecule has 3 rings (SSSR count). The van der Waals surface area contributed by atoms with Crippen LogP contribution >= 0.6 is 0 Å². The van der Waals surface area contributed by atoms with Crippen LogP contribution in [0.1, 0.15) is 28.8 Å². The van der Waals surface area contributed by atoms with Crippen molar-refractivity contribution in [3.05, 3.63) is 35.4 Å². The Kier molecular flexibility index (Phi) is 4.20. The van der Waals surface area contributed by atoms with Gasteiger partial charge in [0, 0.05) is 12.1 Å². The molecule has 2 aliphatic heterocycles. The minimum atomic E-state index is -0.990. The van der Waals surface area contributed by atoms with Gasteiger partial charge in [-0.3, -0.25) is 14.5 Å². The number of urea groups is 1. The molecular weight excluding hydrogens is 314 g/mol.